The highest BCUT2D eigenvalue weighted by Gasteiger charge is 2.36. The minimum Gasteiger partial charge on any atom is -0.378 e. The lowest BCUT2D eigenvalue weighted by atomic mass is 9.96. The summed E-state index contributed by atoms with van der Waals surface area (Å²) < 4.78 is 0. The van der Waals surface area contributed by atoms with E-state index < -0.39 is 16.9 Å². The third-order valence-electron chi connectivity index (χ3n) is 1.62. The monoisotopic (exact) mass is 165 g/mol. The van der Waals surface area contributed by atoms with E-state index in [9.17, 15) is 9.90 Å². The molecular formula is C6H12ClNO2. The van der Waals surface area contributed by atoms with Crippen LogP contribution in [0.3, 0.4) is 0 Å². The van der Waals surface area contributed by atoms with Crippen LogP contribution in [-0.2, 0) is 4.79 Å². The average Bonchev–Trinajstić information content (AvgIpc) is 1.85. The van der Waals surface area contributed by atoms with Gasteiger partial charge in [-0.25, -0.2) is 0 Å². The number of primary amides is 1. The Morgan fingerprint density at radius 3 is 2.30 bits per heavy atom. The SMILES string of the molecule is CCC(O)(C(N)=O)C(C)Cl. The number of carbonyl (C=O) groups is 1. The molecule has 0 aliphatic carbocycles. The molecule has 3 N–H and O–H groups in total. The van der Waals surface area contributed by atoms with Gasteiger partial charge in [0.2, 0.25) is 0 Å². The van der Waals surface area contributed by atoms with Crippen molar-refractivity contribution in [1.29, 1.82) is 0 Å². The molecule has 2 unspecified atom stereocenters. The lowest BCUT2D eigenvalue weighted by Crippen LogP contribution is -2.49. The van der Waals surface area contributed by atoms with Gasteiger partial charge in [-0.2, -0.15) is 0 Å². The lowest BCUT2D eigenvalue weighted by molar-refractivity contribution is -0.136. The maximum atomic E-state index is 10.6. The molecule has 0 aromatic heterocycles. The minimum absolute atomic E-state index is 0.243. The Morgan fingerprint density at radius 2 is 2.30 bits per heavy atom. The van der Waals surface area contributed by atoms with Crippen LogP contribution in [0.4, 0.5) is 0 Å². The van der Waals surface area contributed by atoms with Gasteiger partial charge in [0.1, 0.15) is 0 Å². The van der Waals surface area contributed by atoms with Crippen molar-refractivity contribution in [3.8, 4) is 0 Å². The normalized spacial score (nSPS) is 19.6. The van der Waals surface area contributed by atoms with Gasteiger partial charge in [0.05, 0.1) is 5.38 Å². The summed E-state index contributed by atoms with van der Waals surface area (Å²) >= 11 is 5.53. The summed E-state index contributed by atoms with van der Waals surface area (Å²) in [5.41, 5.74) is 3.36. The highest BCUT2D eigenvalue weighted by atomic mass is 35.5. The van der Waals surface area contributed by atoms with E-state index in [1.54, 1.807) is 6.92 Å². The van der Waals surface area contributed by atoms with Crippen LogP contribution in [0.1, 0.15) is 20.3 Å². The van der Waals surface area contributed by atoms with E-state index in [-0.39, 0.29) is 6.42 Å². The molecule has 0 aromatic rings. The number of aliphatic hydroxyl groups is 1. The predicted molar refractivity (Wildman–Crippen MR) is 39.8 cm³/mol. The second kappa shape index (κ2) is 3.21. The van der Waals surface area contributed by atoms with Gasteiger partial charge in [-0.05, 0) is 13.3 Å². The van der Waals surface area contributed by atoms with Crippen LogP contribution in [0.15, 0.2) is 0 Å². The maximum absolute atomic E-state index is 10.6. The van der Waals surface area contributed by atoms with Crippen LogP contribution in [0.25, 0.3) is 0 Å². The van der Waals surface area contributed by atoms with E-state index in [0.29, 0.717) is 0 Å². The highest BCUT2D eigenvalue weighted by Crippen LogP contribution is 2.19. The standard InChI is InChI=1S/C6H12ClNO2/c1-3-6(10,4(2)7)5(8)9/h4,10H,3H2,1-2H3,(H2,8,9). The van der Waals surface area contributed by atoms with Crippen LogP contribution in [0.2, 0.25) is 0 Å². The molecule has 0 fully saturated rings. The molecule has 0 heterocycles. The van der Waals surface area contributed by atoms with Gasteiger partial charge in [0.15, 0.2) is 5.60 Å². The van der Waals surface area contributed by atoms with Crippen molar-refractivity contribution in [2.45, 2.75) is 31.2 Å². The van der Waals surface area contributed by atoms with Crippen molar-refractivity contribution >= 4 is 17.5 Å². The highest BCUT2D eigenvalue weighted by molar-refractivity contribution is 6.23. The largest absolute Gasteiger partial charge is 0.378 e. The Labute approximate surface area is 65.2 Å². The molecule has 0 saturated carbocycles. The van der Waals surface area contributed by atoms with Crippen molar-refractivity contribution in [1.82, 2.24) is 0 Å². The van der Waals surface area contributed by atoms with Crippen molar-refractivity contribution in [2.24, 2.45) is 5.73 Å². The quantitative estimate of drug-likeness (QED) is 0.589. The Hall–Kier alpha value is -0.280. The molecule has 0 bridgehead atoms. The molecule has 1 amide bonds. The number of rotatable bonds is 3. The molecule has 0 aromatic carbocycles. The minimum atomic E-state index is -1.55. The summed E-state index contributed by atoms with van der Waals surface area (Å²) in [4.78, 5) is 10.6. The molecule has 10 heavy (non-hydrogen) atoms. The van der Waals surface area contributed by atoms with Gasteiger partial charge in [-0.1, -0.05) is 6.92 Å². The first kappa shape index (κ1) is 9.72. The number of carbonyl (C=O) groups excluding carboxylic acids is 1. The van der Waals surface area contributed by atoms with E-state index in [1.165, 1.54) is 6.92 Å². The fourth-order valence-corrected chi connectivity index (χ4v) is 0.913. The summed E-state index contributed by atoms with van der Waals surface area (Å²) in [6.07, 6.45) is 0.243. The smallest absolute Gasteiger partial charge is 0.250 e. The third-order valence-corrected chi connectivity index (χ3v) is 1.98. The first-order chi connectivity index (χ1) is 4.45. The third kappa shape index (κ3) is 1.61. The Kier molecular flexibility index (Phi) is 3.12. The topological polar surface area (TPSA) is 63.3 Å². The Morgan fingerprint density at radius 1 is 1.90 bits per heavy atom. The molecule has 2 atom stereocenters. The van der Waals surface area contributed by atoms with Crippen molar-refractivity contribution in [3.63, 3.8) is 0 Å². The Bertz CT molecular complexity index is 138. The number of hydrogen-bond donors (Lipinski definition) is 2. The van der Waals surface area contributed by atoms with Crippen LogP contribution in [-0.4, -0.2) is 22.0 Å². The zero-order valence-corrected chi connectivity index (χ0v) is 6.85. The van der Waals surface area contributed by atoms with Crippen LogP contribution >= 0.6 is 11.6 Å². The van der Waals surface area contributed by atoms with Crippen molar-refractivity contribution in [3.05, 3.63) is 0 Å². The van der Waals surface area contributed by atoms with E-state index in [0.717, 1.165) is 0 Å². The molecule has 3 nitrogen and oxygen atoms in total. The van der Waals surface area contributed by atoms with Crippen LogP contribution in [0.5, 0.6) is 0 Å². The van der Waals surface area contributed by atoms with Crippen molar-refractivity contribution < 1.29 is 9.90 Å². The summed E-state index contributed by atoms with van der Waals surface area (Å²) in [5, 5.41) is 8.72. The second-order valence-corrected chi connectivity index (χ2v) is 2.91. The molecule has 0 aliphatic rings. The second-order valence-electron chi connectivity index (χ2n) is 2.26. The zero-order chi connectivity index (χ0) is 8.36. The van der Waals surface area contributed by atoms with E-state index in [4.69, 9.17) is 17.3 Å². The molecule has 4 heteroatoms. The van der Waals surface area contributed by atoms with Gasteiger partial charge in [0, 0.05) is 0 Å². The summed E-state index contributed by atoms with van der Waals surface area (Å²) in [6, 6.07) is 0. The zero-order valence-electron chi connectivity index (χ0n) is 6.10. The van der Waals surface area contributed by atoms with Gasteiger partial charge in [-0.15, -0.1) is 11.6 Å². The predicted octanol–water partition coefficient (Wildman–Crippen LogP) is 0.240. The number of alkyl halides is 1. The summed E-state index contributed by atoms with van der Waals surface area (Å²) in [5.74, 6) is -0.766. The molecule has 0 radical (unpaired) electrons. The number of amides is 1. The fraction of sp³-hybridized carbons (Fsp3) is 0.833. The van der Waals surface area contributed by atoms with Gasteiger partial charge in [-0.3, -0.25) is 4.79 Å². The first-order valence-electron chi connectivity index (χ1n) is 3.11. The number of halogens is 1. The Balaban J connectivity index is 4.38. The maximum Gasteiger partial charge on any atom is 0.250 e. The molecule has 0 spiro atoms. The average molecular weight is 166 g/mol. The van der Waals surface area contributed by atoms with Gasteiger partial charge >= 0.3 is 0 Å². The van der Waals surface area contributed by atoms with E-state index >= 15 is 0 Å². The van der Waals surface area contributed by atoms with Crippen LogP contribution in [0, 0.1) is 0 Å². The van der Waals surface area contributed by atoms with Gasteiger partial charge < -0.3 is 10.8 Å². The van der Waals surface area contributed by atoms with Gasteiger partial charge in [0.25, 0.3) is 5.91 Å². The molecule has 0 saturated heterocycles. The molecular weight excluding hydrogens is 154 g/mol. The number of nitrogens with two attached hydrogens (primary N) is 1. The molecule has 0 aliphatic heterocycles. The fourth-order valence-electron chi connectivity index (χ4n) is 0.652. The number of hydrogen-bond acceptors (Lipinski definition) is 2. The van der Waals surface area contributed by atoms with Crippen LogP contribution < -0.4 is 5.73 Å². The molecule has 0 rings (SSSR count). The molecule has 60 valence electrons. The van der Waals surface area contributed by atoms with E-state index in [1.807, 2.05) is 0 Å². The lowest BCUT2D eigenvalue weighted by Gasteiger charge is -2.24. The van der Waals surface area contributed by atoms with E-state index in [2.05, 4.69) is 0 Å². The summed E-state index contributed by atoms with van der Waals surface area (Å²) in [7, 11) is 0. The first-order valence-corrected chi connectivity index (χ1v) is 3.55. The van der Waals surface area contributed by atoms with Crippen molar-refractivity contribution in [2.75, 3.05) is 0 Å². The summed E-state index contributed by atoms with van der Waals surface area (Å²) in [6.45, 7) is 3.19.